The average molecular weight is 189 g/mol. The highest BCUT2D eigenvalue weighted by molar-refractivity contribution is 5.49. The van der Waals surface area contributed by atoms with Crippen LogP contribution in [0.3, 0.4) is 0 Å². The maximum atomic E-state index is 3.44. The zero-order valence-electron chi connectivity index (χ0n) is 8.97. The Balaban J connectivity index is 2.12. The Hall–Kier alpha value is -0.980. The Morgan fingerprint density at radius 2 is 1.93 bits per heavy atom. The van der Waals surface area contributed by atoms with Gasteiger partial charge >= 0.3 is 0 Å². The van der Waals surface area contributed by atoms with Crippen molar-refractivity contribution in [2.75, 3.05) is 11.9 Å². The van der Waals surface area contributed by atoms with E-state index in [1.165, 1.54) is 37.8 Å². The van der Waals surface area contributed by atoms with Crippen molar-refractivity contribution in [1.82, 2.24) is 0 Å². The van der Waals surface area contributed by atoms with E-state index in [0.29, 0.717) is 0 Å². The summed E-state index contributed by atoms with van der Waals surface area (Å²) in [5.74, 6) is 0. The number of anilines is 1. The lowest BCUT2D eigenvalue weighted by molar-refractivity contribution is 0.686. The number of fused-ring (bicyclic) bond motifs is 1. The van der Waals surface area contributed by atoms with E-state index in [-0.39, 0.29) is 0 Å². The molecule has 0 unspecified atom stereocenters. The predicted octanol–water partition coefficient (Wildman–Crippen LogP) is 3.39. The molecule has 1 aliphatic carbocycles. The van der Waals surface area contributed by atoms with Crippen molar-refractivity contribution in [3.05, 3.63) is 29.3 Å². The summed E-state index contributed by atoms with van der Waals surface area (Å²) in [4.78, 5) is 0. The fourth-order valence-corrected chi connectivity index (χ4v) is 2.11. The van der Waals surface area contributed by atoms with Gasteiger partial charge in [-0.15, -0.1) is 0 Å². The van der Waals surface area contributed by atoms with Gasteiger partial charge in [0.2, 0.25) is 0 Å². The van der Waals surface area contributed by atoms with Crippen molar-refractivity contribution in [3.63, 3.8) is 0 Å². The van der Waals surface area contributed by atoms with Gasteiger partial charge in [0.25, 0.3) is 0 Å². The van der Waals surface area contributed by atoms with E-state index < -0.39 is 0 Å². The van der Waals surface area contributed by atoms with E-state index in [1.54, 1.807) is 11.1 Å². The Morgan fingerprint density at radius 3 is 2.71 bits per heavy atom. The number of rotatable bonds is 3. The SMILES string of the molecule is CCCNc1ccc2c(c1)CCCC2. The van der Waals surface area contributed by atoms with Crippen LogP contribution in [-0.2, 0) is 12.8 Å². The first-order valence-electron chi connectivity index (χ1n) is 5.76. The fraction of sp³-hybridized carbons (Fsp3) is 0.538. The van der Waals surface area contributed by atoms with Crippen LogP contribution in [0.4, 0.5) is 5.69 Å². The lowest BCUT2D eigenvalue weighted by Gasteiger charge is -2.17. The summed E-state index contributed by atoms with van der Waals surface area (Å²) < 4.78 is 0. The number of aryl methyl sites for hydroxylation is 2. The summed E-state index contributed by atoms with van der Waals surface area (Å²) in [6, 6.07) is 6.86. The molecule has 1 aliphatic rings. The van der Waals surface area contributed by atoms with Gasteiger partial charge in [-0.2, -0.15) is 0 Å². The molecule has 0 aliphatic heterocycles. The highest BCUT2D eigenvalue weighted by Gasteiger charge is 2.08. The molecule has 0 atom stereocenters. The molecule has 76 valence electrons. The molecule has 0 radical (unpaired) electrons. The highest BCUT2D eigenvalue weighted by atomic mass is 14.9. The van der Waals surface area contributed by atoms with Gasteiger partial charge < -0.3 is 5.32 Å². The highest BCUT2D eigenvalue weighted by Crippen LogP contribution is 2.24. The van der Waals surface area contributed by atoms with Crippen LogP contribution in [0, 0.1) is 0 Å². The minimum absolute atomic E-state index is 1.08. The van der Waals surface area contributed by atoms with E-state index >= 15 is 0 Å². The van der Waals surface area contributed by atoms with E-state index in [2.05, 4.69) is 30.4 Å². The van der Waals surface area contributed by atoms with Crippen LogP contribution < -0.4 is 5.32 Å². The second-order valence-electron chi connectivity index (χ2n) is 4.12. The second kappa shape index (κ2) is 4.50. The Labute approximate surface area is 86.5 Å². The van der Waals surface area contributed by atoms with Crippen LogP contribution in [0.5, 0.6) is 0 Å². The molecular weight excluding hydrogens is 170 g/mol. The van der Waals surface area contributed by atoms with Crippen LogP contribution in [-0.4, -0.2) is 6.54 Å². The lowest BCUT2D eigenvalue weighted by Crippen LogP contribution is -2.05. The lowest BCUT2D eigenvalue weighted by atomic mass is 9.91. The number of nitrogens with one attached hydrogen (secondary N) is 1. The number of hydrogen-bond acceptors (Lipinski definition) is 1. The molecular formula is C13H19N. The molecule has 0 bridgehead atoms. The molecule has 1 nitrogen and oxygen atoms in total. The van der Waals surface area contributed by atoms with Gasteiger partial charge in [-0.05, 0) is 55.4 Å². The summed E-state index contributed by atoms with van der Waals surface area (Å²) >= 11 is 0. The third kappa shape index (κ3) is 2.09. The van der Waals surface area contributed by atoms with E-state index in [4.69, 9.17) is 0 Å². The maximum absolute atomic E-state index is 3.44. The summed E-state index contributed by atoms with van der Waals surface area (Å²) in [6.07, 6.45) is 6.48. The van der Waals surface area contributed by atoms with Crippen molar-refractivity contribution in [2.45, 2.75) is 39.0 Å². The third-order valence-corrected chi connectivity index (χ3v) is 2.93. The second-order valence-corrected chi connectivity index (χ2v) is 4.12. The maximum Gasteiger partial charge on any atom is 0.0343 e. The predicted molar refractivity (Wildman–Crippen MR) is 61.9 cm³/mol. The Bertz CT molecular complexity index is 304. The largest absolute Gasteiger partial charge is 0.385 e. The van der Waals surface area contributed by atoms with E-state index in [1.807, 2.05) is 0 Å². The van der Waals surface area contributed by atoms with Crippen LogP contribution in [0.25, 0.3) is 0 Å². The molecule has 1 aromatic rings. The first-order chi connectivity index (χ1) is 6.90. The molecule has 0 fully saturated rings. The molecule has 14 heavy (non-hydrogen) atoms. The Kier molecular flexibility index (Phi) is 3.07. The molecule has 1 N–H and O–H groups in total. The molecule has 1 heteroatoms. The zero-order valence-corrected chi connectivity index (χ0v) is 8.97. The quantitative estimate of drug-likeness (QED) is 0.768. The molecule has 0 amide bonds. The summed E-state index contributed by atoms with van der Waals surface area (Å²) in [6.45, 7) is 3.28. The minimum atomic E-state index is 1.08. The summed E-state index contributed by atoms with van der Waals surface area (Å²) in [7, 11) is 0. The van der Waals surface area contributed by atoms with Crippen molar-refractivity contribution in [1.29, 1.82) is 0 Å². The van der Waals surface area contributed by atoms with Gasteiger partial charge in [0.1, 0.15) is 0 Å². The molecule has 0 aromatic heterocycles. The van der Waals surface area contributed by atoms with Gasteiger partial charge in [0.05, 0.1) is 0 Å². The van der Waals surface area contributed by atoms with Crippen LogP contribution in [0.2, 0.25) is 0 Å². The van der Waals surface area contributed by atoms with Gasteiger partial charge in [-0.3, -0.25) is 0 Å². The first-order valence-corrected chi connectivity index (χ1v) is 5.76. The van der Waals surface area contributed by atoms with Crippen LogP contribution in [0.1, 0.15) is 37.3 Å². The van der Waals surface area contributed by atoms with Crippen LogP contribution in [0.15, 0.2) is 18.2 Å². The van der Waals surface area contributed by atoms with E-state index in [9.17, 15) is 0 Å². The summed E-state index contributed by atoms with van der Waals surface area (Å²) in [5, 5.41) is 3.44. The van der Waals surface area contributed by atoms with Crippen molar-refractivity contribution in [3.8, 4) is 0 Å². The molecule has 0 spiro atoms. The number of hydrogen-bond donors (Lipinski definition) is 1. The average Bonchev–Trinajstić information content (AvgIpc) is 2.26. The van der Waals surface area contributed by atoms with Crippen molar-refractivity contribution >= 4 is 5.69 Å². The van der Waals surface area contributed by atoms with Crippen molar-refractivity contribution in [2.24, 2.45) is 0 Å². The topological polar surface area (TPSA) is 12.0 Å². The zero-order chi connectivity index (χ0) is 9.80. The molecule has 0 saturated heterocycles. The monoisotopic (exact) mass is 189 g/mol. The fourth-order valence-electron chi connectivity index (χ4n) is 2.11. The molecule has 0 saturated carbocycles. The number of benzene rings is 1. The molecule has 0 heterocycles. The summed E-state index contributed by atoms with van der Waals surface area (Å²) in [5.41, 5.74) is 4.43. The Morgan fingerprint density at radius 1 is 1.14 bits per heavy atom. The minimum Gasteiger partial charge on any atom is -0.385 e. The van der Waals surface area contributed by atoms with Gasteiger partial charge in [0, 0.05) is 12.2 Å². The van der Waals surface area contributed by atoms with E-state index in [0.717, 1.165) is 6.54 Å². The normalized spacial score (nSPS) is 14.9. The molecule has 2 rings (SSSR count). The van der Waals surface area contributed by atoms with Gasteiger partial charge in [-0.25, -0.2) is 0 Å². The van der Waals surface area contributed by atoms with Gasteiger partial charge in [-0.1, -0.05) is 13.0 Å². The standard InChI is InChI=1S/C13H19N/c1-2-9-14-13-8-7-11-5-3-4-6-12(11)10-13/h7-8,10,14H,2-6,9H2,1H3. The van der Waals surface area contributed by atoms with Gasteiger partial charge in [0.15, 0.2) is 0 Å². The smallest absolute Gasteiger partial charge is 0.0343 e. The first kappa shape index (κ1) is 9.57. The third-order valence-electron chi connectivity index (χ3n) is 2.93. The molecule has 1 aromatic carbocycles. The van der Waals surface area contributed by atoms with Crippen molar-refractivity contribution < 1.29 is 0 Å². The van der Waals surface area contributed by atoms with Crippen LogP contribution >= 0.6 is 0 Å².